The highest BCUT2D eigenvalue weighted by Crippen LogP contribution is 2.32. The fourth-order valence-electron chi connectivity index (χ4n) is 1.41. The number of rotatable bonds is 6. The third-order valence-corrected chi connectivity index (χ3v) is 2.80. The van der Waals surface area contributed by atoms with Gasteiger partial charge in [0.2, 0.25) is 0 Å². The van der Waals surface area contributed by atoms with Gasteiger partial charge < -0.3 is 15.8 Å². The standard InChI is InChI=1S/C11H18N4O3/c1-3-11(2,16)7-13-8-5-4-6-9(14-12)10(8)15(17)18/h4-6,13-14,16H,3,7,12H2,1-2H3. The topological polar surface area (TPSA) is 113 Å². The zero-order valence-electron chi connectivity index (χ0n) is 10.4. The Kier molecular flexibility index (Phi) is 4.46. The summed E-state index contributed by atoms with van der Waals surface area (Å²) in [7, 11) is 0. The van der Waals surface area contributed by atoms with E-state index in [0.29, 0.717) is 12.1 Å². The molecule has 0 heterocycles. The van der Waals surface area contributed by atoms with E-state index in [9.17, 15) is 15.2 Å². The summed E-state index contributed by atoms with van der Waals surface area (Å²) in [4.78, 5) is 10.5. The number of hydrogen-bond donors (Lipinski definition) is 4. The van der Waals surface area contributed by atoms with Crippen LogP contribution in [-0.4, -0.2) is 22.2 Å². The van der Waals surface area contributed by atoms with Crippen LogP contribution in [0.15, 0.2) is 18.2 Å². The molecule has 0 aliphatic rings. The van der Waals surface area contributed by atoms with E-state index in [1.807, 2.05) is 6.92 Å². The van der Waals surface area contributed by atoms with Crippen LogP contribution >= 0.6 is 0 Å². The minimum absolute atomic E-state index is 0.132. The number of nitrogens with two attached hydrogens (primary N) is 1. The molecular formula is C11H18N4O3. The Labute approximate surface area is 105 Å². The van der Waals surface area contributed by atoms with Gasteiger partial charge in [0.15, 0.2) is 0 Å². The molecule has 1 atom stereocenters. The summed E-state index contributed by atoms with van der Waals surface area (Å²) >= 11 is 0. The third kappa shape index (κ3) is 3.31. The smallest absolute Gasteiger partial charge is 0.316 e. The highest BCUT2D eigenvalue weighted by atomic mass is 16.6. The van der Waals surface area contributed by atoms with Crippen molar-refractivity contribution in [3.05, 3.63) is 28.3 Å². The van der Waals surface area contributed by atoms with Gasteiger partial charge in [0.25, 0.3) is 0 Å². The molecule has 1 aromatic rings. The SMILES string of the molecule is CCC(C)(O)CNc1cccc(NN)c1[N+](=O)[O-]. The third-order valence-electron chi connectivity index (χ3n) is 2.80. The first-order valence-corrected chi connectivity index (χ1v) is 5.61. The lowest BCUT2D eigenvalue weighted by molar-refractivity contribution is -0.383. The maximum atomic E-state index is 11.0. The summed E-state index contributed by atoms with van der Waals surface area (Å²) in [5.41, 5.74) is 1.78. The van der Waals surface area contributed by atoms with Gasteiger partial charge in [-0.1, -0.05) is 13.0 Å². The summed E-state index contributed by atoms with van der Waals surface area (Å²) < 4.78 is 0. The normalized spacial score (nSPS) is 13.8. The summed E-state index contributed by atoms with van der Waals surface area (Å²) in [6, 6.07) is 4.73. The first-order chi connectivity index (χ1) is 8.41. The predicted molar refractivity (Wildman–Crippen MR) is 70.3 cm³/mol. The molecule has 0 aliphatic heterocycles. The molecule has 5 N–H and O–H groups in total. The first kappa shape index (κ1) is 14.2. The van der Waals surface area contributed by atoms with Gasteiger partial charge in [-0.2, -0.15) is 0 Å². The summed E-state index contributed by atoms with van der Waals surface area (Å²) in [5.74, 6) is 5.23. The molecule has 0 aromatic heterocycles. The number of nitrogens with zero attached hydrogens (tertiary/aromatic N) is 1. The van der Waals surface area contributed by atoms with E-state index >= 15 is 0 Å². The quantitative estimate of drug-likeness (QED) is 0.347. The average molecular weight is 254 g/mol. The number of para-hydroxylation sites is 1. The Morgan fingerprint density at radius 1 is 1.50 bits per heavy atom. The Bertz CT molecular complexity index is 434. The molecule has 1 aromatic carbocycles. The molecule has 0 saturated carbocycles. The lowest BCUT2D eigenvalue weighted by Crippen LogP contribution is -2.32. The molecule has 0 saturated heterocycles. The molecule has 0 fully saturated rings. The predicted octanol–water partition coefficient (Wildman–Crippen LogP) is 1.45. The zero-order valence-corrected chi connectivity index (χ0v) is 10.4. The summed E-state index contributed by atoms with van der Waals surface area (Å²) in [6.45, 7) is 3.73. The molecule has 0 aliphatic carbocycles. The lowest BCUT2D eigenvalue weighted by Gasteiger charge is -2.22. The Balaban J connectivity index is 2.99. The van der Waals surface area contributed by atoms with Crippen molar-refractivity contribution in [2.45, 2.75) is 25.9 Å². The van der Waals surface area contributed by atoms with Crippen molar-refractivity contribution in [1.29, 1.82) is 0 Å². The number of nitro benzene ring substituents is 1. The van der Waals surface area contributed by atoms with Crippen molar-refractivity contribution >= 4 is 17.1 Å². The number of aliphatic hydroxyl groups is 1. The second-order valence-electron chi connectivity index (χ2n) is 4.31. The molecule has 1 rings (SSSR count). The van der Waals surface area contributed by atoms with E-state index in [-0.39, 0.29) is 17.9 Å². The second kappa shape index (κ2) is 5.65. The number of nitrogens with one attached hydrogen (secondary N) is 2. The van der Waals surface area contributed by atoms with Crippen molar-refractivity contribution in [2.24, 2.45) is 5.84 Å². The molecule has 7 nitrogen and oxygen atoms in total. The van der Waals surface area contributed by atoms with Crippen LogP contribution in [0.25, 0.3) is 0 Å². The number of nitrogen functional groups attached to an aromatic ring is 1. The first-order valence-electron chi connectivity index (χ1n) is 5.61. The van der Waals surface area contributed by atoms with Crippen LogP contribution in [0, 0.1) is 10.1 Å². The molecule has 18 heavy (non-hydrogen) atoms. The van der Waals surface area contributed by atoms with Gasteiger partial charge in [-0.15, -0.1) is 0 Å². The largest absolute Gasteiger partial charge is 0.388 e. The molecule has 0 spiro atoms. The molecule has 100 valence electrons. The van der Waals surface area contributed by atoms with E-state index in [2.05, 4.69) is 10.7 Å². The summed E-state index contributed by atoms with van der Waals surface area (Å²) in [5, 5.41) is 23.7. The number of hydrogen-bond acceptors (Lipinski definition) is 6. The van der Waals surface area contributed by atoms with Gasteiger partial charge in [-0.25, -0.2) is 0 Å². The Morgan fingerprint density at radius 2 is 2.11 bits per heavy atom. The van der Waals surface area contributed by atoms with Crippen molar-refractivity contribution < 1.29 is 10.0 Å². The molecule has 0 radical (unpaired) electrons. The minimum Gasteiger partial charge on any atom is -0.388 e. The van der Waals surface area contributed by atoms with E-state index in [4.69, 9.17) is 5.84 Å². The van der Waals surface area contributed by atoms with Crippen LogP contribution in [0.1, 0.15) is 20.3 Å². The van der Waals surface area contributed by atoms with Gasteiger partial charge in [0.05, 0.1) is 10.5 Å². The molecule has 1 unspecified atom stereocenters. The second-order valence-corrected chi connectivity index (χ2v) is 4.31. The van der Waals surface area contributed by atoms with Crippen molar-refractivity contribution in [1.82, 2.24) is 0 Å². The van der Waals surface area contributed by atoms with E-state index in [0.717, 1.165) is 0 Å². The van der Waals surface area contributed by atoms with Crippen molar-refractivity contribution in [3.63, 3.8) is 0 Å². The highest BCUT2D eigenvalue weighted by Gasteiger charge is 2.22. The maximum absolute atomic E-state index is 11.0. The van der Waals surface area contributed by atoms with Gasteiger partial charge >= 0.3 is 5.69 Å². The number of anilines is 2. The Morgan fingerprint density at radius 3 is 2.61 bits per heavy atom. The minimum atomic E-state index is -0.917. The van der Waals surface area contributed by atoms with Crippen molar-refractivity contribution in [3.8, 4) is 0 Å². The highest BCUT2D eigenvalue weighted by molar-refractivity contribution is 5.75. The van der Waals surface area contributed by atoms with Crippen molar-refractivity contribution in [2.75, 3.05) is 17.3 Å². The van der Waals surface area contributed by atoms with E-state index in [1.165, 1.54) is 6.07 Å². The summed E-state index contributed by atoms with van der Waals surface area (Å²) in [6.07, 6.45) is 0.544. The van der Waals surface area contributed by atoms with Crippen LogP contribution in [0.2, 0.25) is 0 Å². The fourth-order valence-corrected chi connectivity index (χ4v) is 1.41. The number of benzene rings is 1. The van der Waals surface area contributed by atoms with E-state index in [1.54, 1.807) is 19.1 Å². The van der Waals surface area contributed by atoms with Gasteiger partial charge in [0.1, 0.15) is 11.4 Å². The van der Waals surface area contributed by atoms with Gasteiger partial charge in [-0.3, -0.25) is 16.0 Å². The molecule has 7 heteroatoms. The average Bonchev–Trinajstić information content (AvgIpc) is 2.35. The maximum Gasteiger partial charge on any atom is 0.316 e. The van der Waals surface area contributed by atoms with Crippen LogP contribution in [-0.2, 0) is 0 Å². The zero-order chi connectivity index (χ0) is 13.8. The number of nitro groups is 1. The molecular weight excluding hydrogens is 236 g/mol. The van der Waals surface area contributed by atoms with Crippen LogP contribution in [0.4, 0.5) is 17.1 Å². The molecule has 0 amide bonds. The fraction of sp³-hybridized carbons (Fsp3) is 0.455. The van der Waals surface area contributed by atoms with E-state index < -0.39 is 10.5 Å². The molecule has 0 bridgehead atoms. The van der Waals surface area contributed by atoms with Crippen LogP contribution in [0.5, 0.6) is 0 Å². The van der Waals surface area contributed by atoms with Crippen LogP contribution in [0.3, 0.4) is 0 Å². The van der Waals surface area contributed by atoms with Crippen LogP contribution < -0.4 is 16.6 Å². The van der Waals surface area contributed by atoms with Gasteiger partial charge in [-0.05, 0) is 25.5 Å². The van der Waals surface area contributed by atoms with Gasteiger partial charge in [0, 0.05) is 6.54 Å². The number of hydrazine groups is 1. The lowest BCUT2D eigenvalue weighted by atomic mass is 10.0. The Hall–Kier alpha value is -1.86. The monoisotopic (exact) mass is 254 g/mol.